The molecule has 0 saturated heterocycles. The first-order valence-corrected chi connectivity index (χ1v) is 8.06. The van der Waals surface area contributed by atoms with Crippen LogP contribution in [0.2, 0.25) is 0 Å². The molecule has 116 valence electrons. The minimum Gasteiger partial charge on any atom is -0.481 e. The van der Waals surface area contributed by atoms with Gasteiger partial charge >= 0.3 is 5.97 Å². The summed E-state index contributed by atoms with van der Waals surface area (Å²) in [6.07, 6.45) is 4.35. The third-order valence-electron chi connectivity index (χ3n) is 5.05. The molecule has 2 nitrogen and oxygen atoms in total. The lowest BCUT2D eigenvalue weighted by atomic mass is 9.67. The molecule has 2 heteroatoms. The molecule has 0 amide bonds. The molecular weight excluding hydrogens is 260 g/mol. The maximum Gasteiger partial charge on any atom is 0.309 e. The quantitative estimate of drug-likeness (QED) is 0.866. The molecule has 0 atom stereocenters. The number of carboxylic acid groups (broad SMARTS) is 1. The standard InChI is InChI=1S/C19H28O2/c1-14-9-11-19(12-10-14,17(20)21)13-15-5-7-16(8-6-15)18(2,3)4/h5-8,14H,9-13H2,1-4H3,(H,20,21). The van der Waals surface area contributed by atoms with E-state index in [1.54, 1.807) is 0 Å². The molecule has 1 fully saturated rings. The van der Waals surface area contributed by atoms with E-state index in [-0.39, 0.29) is 5.41 Å². The molecule has 1 aliphatic carbocycles. The molecule has 0 unspecified atom stereocenters. The topological polar surface area (TPSA) is 37.3 Å². The molecule has 21 heavy (non-hydrogen) atoms. The van der Waals surface area contributed by atoms with E-state index in [0.29, 0.717) is 12.3 Å². The fourth-order valence-electron chi connectivity index (χ4n) is 3.29. The summed E-state index contributed by atoms with van der Waals surface area (Å²) < 4.78 is 0. The lowest BCUT2D eigenvalue weighted by molar-refractivity contribution is -0.151. The smallest absolute Gasteiger partial charge is 0.309 e. The van der Waals surface area contributed by atoms with Crippen molar-refractivity contribution >= 4 is 5.97 Å². The minimum atomic E-state index is -0.616. The van der Waals surface area contributed by atoms with Gasteiger partial charge in [0, 0.05) is 0 Å². The van der Waals surface area contributed by atoms with Crippen LogP contribution < -0.4 is 0 Å². The molecule has 0 heterocycles. The number of rotatable bonds is 3. The Morgan fingerprint density at radius 3 is 2.14 bits per heavy atom. The van der Waals surface area contributed by atoms with Crippen molar-refractivity contribution in [2.75, 3.05) is 0 Å². The van der Waals surface area contributed by atoms with Gasteiger partial charge in [0.15, 0.2) is 0 Å². The first-order chi connectivity index (χ1) is 9.73. The Bertz CT molecular complexity index is 485. The van der Waals surface area contributed by atoms with Gasteiger partial charge in [-0.2, -0.15) is 0 Å². The van der Waals surface area contributed by atoms with E-state index in [4.69, 9.17) is 0 Å². The highest BCUT2D eigenvalue weighted by Crippen LogP contribution is 2.41. The Labute approximate surface area is 128 Å². The van der Waals surface area contributed by atoms with Crippen LogP contribution in [0.15, 0.2) is 24.3 Å². The van der Waals surface area contributed by atoms with Gasteiger partial charge in [0.2, 0.25) is 0 Å². The fraction of sp³-hybridized carbons (Fsp3) is 0.632. The largest absolute Gasteiger partial charge is 0.481 e. The van der Waals surface area contributed by atoms with Crippen LogP contribution in [-0.4, -0.2) is 11.1 Å². The molecule has 1 aromatic carbocycles. The zero-order valence-corrected chi connectivity index (χ0v) is 13.8. The van der Waals surface area contributed by atoms with E-state index in [9.17, 15) is 9.90 Å². The molecule has 1 saturated carbocycles. The minimum absolute atomic E-state index is 0.142. The van der Waals surface area contributed by atoms with Crippen LogP contribution in [0.5, 0.6) is 0 Å². The van der Waals surface area contributed by atoms with Gasteiger partial charge in [0.25, 0.3) is 0 Å². The van der Waals surface area contributed by atoms with Crippen molar-refractivity contribution < 1.29 is 9.90 Å². The molecule has 0 bridgehead atoms. The first-order valence-electron chi connectivity index (χ1n) is 8.06. The Kier molecular flexibility index (Phi) is 4.46. The molecule has 1 aromatic rings. The number of hydrogen-bond donors (Lipinski definition) is 1. The number of benzene rings is 1. The van der Waals surface area contributed by atoms with Gasteiger partial charge < -0.3 is 5.11 Å². The third kappa shape index (κ3) is 3.66. The summed E-state index contributed by atoms with van der Waals surface area (Å²) in [6, 6.07) is 8.53. The molecule has 1 N–H and O–H groups in total. The molecule has 0 radical (unpaired) electrons. The average Bonchev–Trinajstić information content (AvgIpc) is 2.41. The molecule has 0 aliphatic heterocycles. The molecular formula is C19H28O2. The number of carboxylic acids is 1. The predicted octanol–water partition coefficient (Wildman–Crippen LogP) is 4.81. The zero-order valence-electron chi connectivity index (χ0n) is 13.8. The monoisotopic (exact) mass is 288 g/mol. The summed E-state index contributed by atoms with van der Waals surface area (Å²) in [5.41, 5.74) is 2.05. The summed E-state index contributed by atoms with van der Waals surface area (Å²) in [4.78, 5) is 11.8. The second kappa shape index (κ2) is 5.82. The second-order valence-corrected chi connectivity index (χ2v) is 7.89. The lowest BCUT2D eigenvalue weighted by Crippen LogP contribution is -2.37. The van der Waals surface area contributed by atoms with Crippen LogP contribution in [0.3, 0.4) is 0 Å². The van der Waals surface area contributed by atoms with Gasteiger partial charge in [-0.1, -0.05) is 52.0 Å². The Morgan fingerprint density at radius 2 is 1.71 bits per heavy atom. The second-order valence-electron chi connectivity index (χ2n) is 7.89. The highest BCUT2D eigenvalue weighted by Gasteiger charge is 2.41. The first kappa shape index (κ1) is 16.1. The van der Waals surface area contributed by atoms with Crippen molar-refractivity contribution in [3.8, 4) is 0 Å². The zero-order chi connectivity index (χ0) is 15.7. The molecule has 1 aliphatic rings. The SMILES string of the molecule is CC1CCC(Cc2ccc(C(C)(C)C)cc2)(C(=O)O)CC1. The maximum atomic E-state index is 11.8. The van der Waals surface area contributed by atoms with E-state index in [1.807, 2.05) is 0 Å². The van der Waals surface area contributed by atoms with Crippen LogP contribution in [0.25, 0.3) is 0 Å². The summed E-state index contributed by atoms with van der Waals surface area (Å²) >= 11 is 0. The predicted molar refractivity (Wildman–Crippen MR) is 86.5 cm³/mol. The summed E-state index contributed by atoms with van der Waals surface area (Å²) in [5, 5.41) is 9.72. The van der Waals surface area contributed by atoms with Crippen LogP contribution in [0.1, 0.15) is 64.5 Å². The highest BCUT2D eigenvalue weighted by atomic mass is 16.4. The Hall–Kier alpha value is -1.31. The van der Waals surface area contributed by atoms with Gasteiger partial charge in [0.05, 0.1) is 5.41 Å². The van der Waals surface area contributed by atoms with E-state index in [1.165, 1.54) is 5.56 Å². The van der Waals surface area contributed by atoms with Crippen LogP contribution in [0, 0.1) is 11.3 Å². The number of carbonyl (C=O) groups is 1. The summed E-state index contributed by atoms with van der Waals surface area (Å²) in [6.45, 7) is 8.82. The van der Waals surface area contributed by atoms with Gasteiger partial charge in [0.1, 0.15) is 0 Å². The molecule has 0 aromatic heterocycles. The highest BCUT2D eigenvalue weighted by molar-refractivity contribution is 5.75. The van der Waals surface area contributed by atoms with E-state index >= 15 is 0 Å². The normalized spacial score (nSPS) is 26.6. The third-order valence-corrected chi connectivity index (χ3v) is 5.05. The summed E-state index contributed by atoms with van der Waals surface area (Å²) in [7, 11) is 0. The fourth-order valence-corrected chi connectivity index (χ4v) is 3.29. The van der Waals surface area contributed by atoms with Crippen molar-refractivity contribution in [1.82, 2.24) is 0 Å². The number of hydrogen-bond acceptors (Lipinski definition) is 1. The van der Waals surface area contributed by atoms with Gasteiger partial charge in [-0.3, -0.25) is 4.79 Å². The van der Waals surface area contributed by atoms with Crippen molar-refractivity contribution in [2.45, 2.75) is 65.2 Å². The van der Waals surface area contributed by atoms with Gasteiger partial charge in [-0.15, -0.1) is 0 Å². The van der Waals surface area contributed by atoms with Crippen molar-refractivity contribution in [1.29, 1.82) is 0 Å². The van der Waals surface area contributed by atoms with Gasteiger partial charge in [-0.25, -0.2) is 0 Å². The Balaban J connectivity index is 2.16. The molecule has 2 rings (SSSR count). The lowest BCUT2D eigenvalue weighted by Gasteiger charge is -2.36. The van der Waals surface area contributed by atoms with Crippen LogP contribution in [0.4, 0.5) is 0 Å². The Morgan fingerprint density at radius 1 is 1.19 bits per heavy atom. The van der Waals surface area contributed by atoms with Crippen molar-refractivity contribution in [3.63, 3.8) is 0 Å². The van der Waals surface area contributed by atoms with Crippen molar-refractivity contribution in [3.05, 3.63) is 35.4 Å². The van der Waals surface area contributed by atoms with E-state index in [0.717, 1.165) is 31.2 Å². The van der Waals surface area contributed by atoms with E-state index in [2.05, 4.69) is 52.0 Å². The number of aliphatic carboxylic acids is 1. The van der Waals surface area contributed by atoms with Crippen LogP contribution in [-0.2, 0) is 16.6 Å². The molecule has 0 spiro atoms. The van der Waals surface area contributed by atoms with E-state index < -0.39 is 11.4 Å². The average molecular weight is 288 g/mol. The summed E-state index contributed by atoms with van der Waals surface area (Å²) in [5.74, 6) is 0.0510. The maximum absolute atomic E-state index is 11.8. The van der Waals surface area contributed by atoms with Crippen LogP contribution >= 0.6 is 0 Å². The van der Waals surface area contributed by atoms with Gasteiger partial charge in [-0.05, 0) is 54.6 Å². The van der Waals surface area contributed by atoms with Crippen molar-refractivity contribution in [2.24, 2.45) is 11.3 Å².